The maximum absolute atomic E-state index is 14.7. The Balaban J connectivity index is 0.000000286. The summed E-state index contributed by atoms with van der Waals surface area (Å²) in [7, 11) is 11.4. The number of esters is 4. The lowest BCUT2D eigenvalue weighted by molar-refractivity contribution is -0.115. The molecule has 30 heteroatoms. The number of rotatable bonds is 13. The van der Waals surface area contributed by atoms with Crippen molar-refractivity contribution in [3.63, 3.8) is 0 Å². The monoisotopic (exact) mass is 1200 g/mol. The number of anilines is 4. The Bertz CT molecular complexity index is 3290. The Kier molecular flexibility index (Phi) is 24.8. The highest BCUT2D eigenvalue weighted by molar-refractivity contribution is 6.43. The van der Waals surface area contributed by atoms with E-state index in [0.717, 1.165) is 6.07 Å². The smallest absolute Gasteiger partial charge is 0.360 e. The molecule has 0 fully saturated rings. The molecule has 0 bridgehead atoms. The summed E-state index contributed by atoms with van der Waals surface area (Å²) in [6.07, 6.45) is 0. The van der Waals surface area contributed by atoms with E-state index < -0.39 is 47.3 Å². The van der Waals surface area contributed by atoms with Gasteiger partial charge in [-0.2, -0.15) is 0 Å². The van der Waals surface area contributed by atoms with Gasteiger partial charge in [0.1, 0.15) is 16.0 Å². The highest BCUT2D eigenvalue weighted by Crippen LogP contribution is 2.40. The fourth-order valence-corrected chi connectivity index (χ4v) is 7.25. The molecular weight excluding hydrogens is 1160 g/mol. The van der Waals surface area contributed by atoms with Gasteiger partial charge in [0.05, 0.1) is 103 Å². The fourth-order valence-electron chi connectivity index (χ4n) is 6.35. The van der Waals surface area contributed by atoms with E-state index in [2.05, 4.69) is 44.8 Å². The van der Waals surface area contributed by atoms with E-state index in [1.165, 1.54) is 120 Å². The number of pyridine rings is 4. The summed E-state index contributed by atoms with van der Waals surface area (Å²) in [4.78, 5) is 85.1. The van der Waals surface area contributed by atoms with Gasteiger partial charge in [-0.05, 0) is 42.5 Å². The first-order valence-electron chi connectivity index (χ1n) is 21.6. The molecule has 4 heterocycles. The molecular formula is C49H47Cl5F2N8O15. The minimum absolute atomic E-state index is 0.00265. The fraction of sp³-hybridized carbons (Fsp3) is 0.224. The lowest BCUT2D eigenvalue weighted by Gasteiger charge is -2.15. The first-order valence-corrected chi connectivity index (χ1v) is 23.4. The molecule has 422 valence electrons. The van der Waals surface area contributed by atoms with Crippen LogP contribution < -0.4 is 45.8 Å². The minimum Gasteiger partial charge on any atom is -0.492 e. The molecule has 6 aromatic rings. The number of nitrogen functional groups attached to an aromatic ring is 2. The van der Waals surface area contributed by atoms with E-state index >= 15 is 0 Å². The Morgan fingerprint density at radius 1 is 0.494 bits per heavy atom. The van der Waals surface area contributed by atoms with Crippen molar-refractivity contribution in [2.45, 2.75) is 13.8 Å². The van der Waals surface area contributed by atoms with Gasteiger partial charge in [0, 0.05) is 36.1 Å². The zero-order valence-corrected chi connectivity index (χ0v) is 47.1. The van der Waals surface area contributed by atoms with Crippen LogP contribution in [-0.2, 0) is 28.5 Å². The Morgan fingerprint density at radius 2 is 0.899 bits per heavy atom. The lowest BCUT2D eigenvalue weighted by atomic mass is 10.1. The second-order valence-electron chi connectivity index (χ2n) is 14.7. The second-order valence-corrected chi connectivity index (χ2v) is 16.7. The molecule has 6 N–H and O–H groups in total. The number of hydrogen-bond donors (Lipinski definition) is 4. The normalized spacial score (nSPS) is 10.1. The van der Waals surface area contributed by atoms with Crippen molar-refractivity contribution in [2.75, 3.05) is 86.1 Å². The molecule has 23 nitrogen and oxygen atoms in total. The van der Waals surface area contributed by atoms with Gasteiger partial charge in [-0.3, -0.25) is 9.59 Å². The number of benzene rings is 2. The number of halogens is 7. The van der Waals surface area contributed by atoms with E-state index in [1.54, 1.807) is 0 Å². The van der Waals surface area contributed by atoms with Crippen LogP contribution in [0, 0.1) is 11.6 Å². The van der Waals surface area contributed by atoms with Gasteiger partial charge in [0.25, 0.3) is 0 Å². The van der Waals surface area contributed by atoms with Gasteiger partial charge in [-0.15, -0.1) is 0 Å². The summed E-state index contributed by atoms with van der Waals surface area (Å²) >= 11 is 28.7. The van der Waals surface area contributed by atoms with Gasteiger partial charge in [-0.25, -0.2) is 47.9 Å². The highest BCUT2D eigenvalue weighted by Gasteiger charge is 2.27. The molecule has 4 aromatic heterocycles. The average Bonchev–Trinajstić information content (AvgIpc) is 3.41. The maximum Gasteiger partial charge on any atom is 0.360 e. The molecule has 0 aliphatic carbocycles. The van der Waals surface area contributed by atoms with Crippen LogP contribution in [0.4, 0.5) is 31.5 Å². The quantitative estimate of drug-likeness (QED) is 0.0475. The molecule has 0 spiro atoms. The molecule has 6 rings (SSSR count). The van der Waals surface area contributed by atoms with Crippen molar-refractivity contribution in [3.8, 4) is 51.3 Å². The molecule has 0 saturated carbocycles. The number of amides is 2. The molecule has 0 saturated heterocycles. The zero-order chi connectivity index (χ0) is 59.6. The summed E-state index contributed by atoms with van der Waals surface area (Å²) in [5, 5.41) is 5.43. The number of nitrogens with two attached hydrogens (primary N) is 2. The SMILES string of the molecule is COC(=O)c1nc(-c2ccc(Cl)c(OC)c2F)cc(NC(C)=O)c1OC.COC(=O)c1nc(-c2ccc(Cl)cc2F)cc(NC(C)=O)c1OC.COC(=O)c1nc(Cl)c(Cl)c(N)c1OC.COC(=O)c1nc(Cl)cc(N)c1OC. The van der Waals surface area contributed by atoms with Crippen molar-refractivity contribution in [1.29, 1.82) is 0 Å². The summed E-state index contributed by atoms with van der Waals surface area (Å²) in [6.45, 7) is 2.57. The highest BCUT2D eigenvalue weighted by atomic mass is 35.5. The number of nitrogens with one attached hydrogen (secondary N) is 2. The number of carbonyl (C=O) groups is 6. The van der Waals surface area contributed by atoms with Gasteiger partial charge in [-0.1, -0.05) is 58.0 Å². The van der Waals surface area contributed by atoms with Crippen LogP contribution in [0.25, 0.3) is 22.5 Å². The van der Waals surface area contributed by atoms with Crippen molar-refractivity contribution >= 4 is 116 Å². The van der Waals surface area contributed by atoms with Crippen LogP contribution in [0.2, 0.25) is 25.4 Å². The van der Waals surface area contributed by atoms with Crippen LogP contribution in [0.15, 0.2) is 48.5 Å². The maximum atomic E-state index is 14.7. The van der Waals surface area contributed by atoms with E-state index in [4.69, 9.17) is 97.9 Å². The summed E-state index contributed by atoms with van der Waals surface area (Å²) in [5.74, 6) is -5.04. The third-order valence-electron chi connectivity index (χ3n) is 9.69. The van der Waals surface area contributed by atoms with Crippen molar-refractivity contribution in [2.24, 2.45) is 0 Å². The number of hydrogen-bond acceptors (Lipinski definition) is 21. The third-order valence-corrected chi connectivity index (χ3v) is 11.2. The summed E-state index contributed by atoms with van der Waals surface area (Å²) < 4.78 is 72.3. The standard InChI is InChI=1S/C17H16ClFN2O5.C16H14ClFN2O4.C8H8Cl2N2O3.C8H9ClN2O3/c1-8(22)20-12-7-11(21-14(16(12)25-3)17(23)26-4)9-5-6-10(18)15(24-2)13(9)19;1-8(21)19-13-7-12(10-5-4-9(17)6-11(10)18)20-14(15(13)23-2)16(22)24-3;1-14-6-4(11)3(9)7(10)12-5(6)8(13)15-2;1-13-7-4(10)3-5(9)11-6(7)8(12)14-2/h5-7H,1-4H3,(H,20,21,22);4-7H,1-3H3,(H,19,20,21);1-2H3,(H2,11,12);3H,1-2H3,(H2,10,11). The second kappa shape index (κ2) is 30.1. The predicted molar refractivity (Wildman–Crippen MR) is 288 cm³/mol. The van der Waals surface area contributed by atoms with E-state index in [0.29, 0.717) is 0 Å². The van der Waals surface area contributed by atoms with Gasteiger partial charge < -0.3 is 64.7 Å². The van der Waals surface area contributed by atoms with Gasteiger partial charge in [0.2, 0.25) is 11.8 Å². The Morgan fingerprint density at radius 3 is 1.30 bits per heavy atom. The predicted octanol–water partition coefficient (Wildman–Crippen LogP) is 9.48. The molecule has 79 heavy (non-hydrogen) atoms. The van der Waals surface area contributed by atoms with Crippen molar-refractivity contribution in [3.05, 3.63) is 108 Å². The number of carbonyl (C=O) groups excluding carboxylic acids is 6. The molecule has 2 amide bonds. The number of nitrogens with zero attached hydrogens (tertiary/aromatic N) is 4. The van der Waals surface area contributed by atoms with E-state index in [1.807, 2.05) is 0 Å². The van der Waals surface area contributed by atoms with Crippen LogP contribution >= 0.6 is 58.0 Å². The van der Waals surface area contributed by atoms with E-state index in [9.17, 15) is 37.5 Å². The minimum atomic E-state index is -0.809. The molecule has 0 aliphatic heterocycles. The average molecular weight is 1200 g/mol. The van der Waals surface area contributed by atoms with Gasteiger partial charge in [0.15, 0.2) is 62.5 Å². The molecule has 0 unspecified atom stereocenters. The number of methoxy groups -OCH3 is 9. The number of aromatic nitrogens is 4. The van der Waals surface area contributed by atoms with Crippen molar-refractivity contribution in [1.82, 2.24) is 19.9 Å². The van der Waals surface area contributed by atoms with Crippen LogP contribution in [-0.4, -0.2) is 120 Å². The third kappa shape index (κ3) is 16.4. The number of ether oxygens (including phenoxy) is 9. The zero-order valence-electron chi connectivity index (χ0n) is 43.3. The van der Waals surface area contributed by atoms with Gasteiger partial charge >= 0.3 is 23.9 Å². The molecule has 2 aromatic carbocycles. The summed E-state index contributed by atoms with van der Waals surface area (Å²) in [5.41, 5.74) is 11.5. The topological polar surface area (TPSA) is 313 Å². The van der Waals surface area contributed by atoms with Crippen LogP contribution in [0.3, 0.4) is 0 Å². The van der Waals surface area contributed by atoms with E-state index in [-0.39, 0.29) is 122 Å². The lowest BCUT2D eigenvalue weighted by Crippen LogP contribution is -2.13. The molecule has 0 radical (unpaired) electrons. The first-order chi connectivity index (χ1) is 37.3. The van der Waals surface area contributed by atoms with Crippen molar-refractivity contribution < 1.29 is 80.2 Å². The first kappa shape index (κ1) is 65.1. The molecule has 0 aliphatic rings. The van der Waals surface area contributed by atoms with Crippen LogP contribution in [0.1, 0.15) is 55.8 Å². The van der Waals surface area contributed by atoms with Crippen LogP contribution in [0.5, 0.6) is 28.7 Å². The largest absolute Gasteiger partial charge is 0.492 e. The Labute approximate surface area is 473 Å². The molecule has 0 atom stereocenters. The Hall–Kier alpha value is -8.23. The summed E-state index contributed by atoms with van der Waals surface area (Å²) in [6, 6.07) is 11.0.